The van der Waals surface area contributed by atoms with Gasteiger partial charge in [0.25, 0.3) is 5.91 Å². The Morgan fingerprint density at radius 1 is 1.40 bits per heavy atom. The normalized spacial score (nSPS) is 22.9. The summed E-state index contributed by atoms with van der Waals surface area (Å²) in [5, 5.41) is 12.5. The fourth-order valence-electron chi connectivity index (χ4n) is 2.55. The van der Waals surface area contributed by atoms with E-state index in [0.717, 1.165) is 35.8 Å². The van der Waals surface area contributed by atoms with Gasteiger partial charge in [0.2, 0.25) is 0 Å². The van der Waals surface area contributed by atoms with E-state index in [2.05, 4.69) is 26.2 Å². The van der Waals surface area contributed by atoms with Crippen LogP contribution in [0.5, 0.6) is 0 Å². The van der Waals surface area contributed by atoms with Gasteiger partial charge in [-0.05, 0) is 37.8 Å². The molecule has 0 aromatic carbocycles. The van der Waals surface area contributed by atoms with Crippen molar-refractivity contribution in [1.29, 1.82) is 0 Å². The molecule has 0 saturated heterocycles. The highest BCUT2D eigenvalue weighted by Crippen LogP contribution is 2.19. The van der Waals surface area contributed by atoms with Crippen molar-refractivity contribution in [3.8, 4) is 0 Å². The average Bonchev–Trinajstić information content (AvgIpc) is 2.84. The van der Waals surface area contributed by atoms with E-state index in [-0.39, 0.29) is 18.1 Å². The van der Waals surface area contributed by atoms with Gasteiger partial charge in [-0.2, -0.15) is 0 Å². The summed E-state index contributed by atoms with van der Waals surface area (Å²) in [6.45, 7) is 0. The van der Waals surface area contributed by atoms with E-state index in [9.17, 15) is 9.90 Å². The van der Waals surface area contributed by atoms with Crippen LogP contribution in [0.25, 0.3) is 5.65 Å². The second kappa shape index (κ2) is 5.54. The summed E-state index contributed by atoms with van der Waals surface area (Å²) in [4.78, 5) is 16.5. The molecule has 2 aromatic rings. The van der Waals surface area contributed by atoms with Gasteiger partial charge in [-0.3, -0.25) is 4.79 Å². The summed E-state index contributed by atoms with van der Waals surface area (Å²) in [7, 11) is 0. The van der Waals surface area contributed by atoms with Crippen LogP contribution in [0.2, 0.25) is 0 Å². The molecule has 5 nitrogen and oxygen atoms in total. The summed E-state index contributed by atoms with van der Waals surface area (Å²) in [5.41, 5.74) is 1.16. The minimum absolute atomic E-state index is 0.141. The number of aliphatic hydroxyl groups is 1. The van der Waals surface area contributed by atoms with Crippen molar-refractivity contribution in [3.63, 3.8) is 0 Å². The Balaban J connectivity index is 1.72. The van der Waals surface area contributed by atoms with Crippen molar-refractivity contribution in [3.05, 3.63) is 34.7 Å². The van der Waals surface area contributed by atoms with Crippen molar-refractivity contribution in [2.75, 3.05) is 0 Å². The third-order valence-corrected chi connectivity index (χ3v) is 4.18. The van der Waals surface area contributed by atoms with E-state index in [1.54, 1.807) is 6.20 Å². The molecule has 3 rings (SSSR count). The number of imidazole rings is 1. The topological polar surface area (TPSA) is 66.6 Å². The molecule has 6 heteroatoms. The predicted octanol–water partition coefficient (Wildman–Crippen LogP) is 2.13. The Labute approximate surface area is 125 Å². The molecule has 2 aromatic heterocycles. The molecule has 1 fully saturated rings. The Morgan fingerprint density at radius 3 is 2.90 bits per heavy atom. The smallest absolute Gasteiger partial charge is 0.271 e. The average molecular weight is 338 g/mol. The maximum atomic E-state index is 12.2. The van der Waals surface area contributed by atoms with Gasteiger partial charge in [0.1, 0.15) is 11.3 Å². The Hall–Kier alpha value is -1.40. The van der Waals surface area contributed by atoms with E-state index in [1.807, 2.05) is 22.7 Å². The van der Waals surface area contributed by atoms with Gasteiger partial charge in [0, 0.05) is 22.9 Å². The lowest BCUT2D eigenvalue weighted by molar-refractivity contribution is 0.0864. The van der Waals surface area contributed by atoms with Crippen LogP contribution in [0.3, 0.4) is 0 Å². The molecule has 0 atom stereocenters. The number of fused-ring (bicyclic) bond motifs is 1. The van der Waals surface area contributed by atoms with Crippen molar-refractivity contribution in [2.45, 2.75) is 37.8 Å². The molecule has 0 bridgehead atoms. The minimum atomic E-state index is -0.212. The standard InChI is InChI=1S/C14H16BrN3O2/c15-9-5-6-18-8-12(17-13(18)7-9)14(20)16-10-1-3-11(19)4-2-10/h5-8,10-11,19H,1-4H2,(H,16,20). The number of aliphatic hydroxyl groups excluding tert-OH is 1. The SMILES string of the molecule is O=C(NC1CCC(O)CC1)c1cn2ccc(Br)cc2n1. The Kier molecular flexibility index (Phi) is 3.76. The summed E-state index contributed by atoms with van der Waals surface area (Å²) in [6.07, 6.45) is 6.54. The lowest BCUT2D eigenvalue weighted by Gasteiger charge is -2.25. The van der Waals surface area contributed by atoms with Crippen molar-refractivity contribution in [1.82, 2.24) is 14.7 Å². The first kappa shape index (κ1) is 13.6. The first-order valence-corrected chi connectivity index (χ1v) is 7.54. The van der Waals surface area contributed by atoms with Gasteiger partial charge >= 0.3 is 0 Å². The molecule has 20 heavy (non-hydrogen) atoms. The van der Waals surface area contributed by atoms with Gasteiger partial charge in [-0.1, -0.05) is 15.9 Å². The summed E-state index contributed by atoms with van der Waals surface area (Å²) >= 11 is 3.39. The molecule has 1 aliphatic carbocycles. The zero-order valence-corrected chi connectivity index (χ0v) is 12.5. The predicted molar refractivity (Wildman–Crippen MR) is 78.6 cm³/mol. The fraction of sp³-hybridized carbons (Fsp3) is 0.429. The zero-order chi connectivity index (χ0) is 14.1. The number of hydrogen-bond donors (Lipinski definition) is 2. The molecule has 1 aliphatic rings. The van der Waals surface area contributed by atoms with Crippen molar-refractivity contribution >= 4 is 27.5 Å². The molecule has 106 valence electrons. The number of pyridine rings is 1. The van der Waals surface area contributed by atoms with Crippen LogP contribution >= 0.6 is 15.9 Å². The molecule has 0 radical (unpaired) electrons. The first-order valence-electron chi connectivity index (χ1n) is 6.75. The van der Waals surface area contributed by atoms with Crippen molar-refractivity contribution in [2.24, 2.45) is 0 Å². The molecule has 1 saturated carbocycles. The second-order valence-corrected chi connectivity index (χ2v) is 6.13. The number of nitrogens with one attached hydrogen (secondary N) is 1. The highest BCUT2D eigenvalue weighted by molar-refractivity contribution is 9.10. The van der Waals surface area contributed by atoms with Crippen LogP contribution in [0.15, 0.2) is 29.0 Å². The molecular weight excluding hydrogens is 322 g/mol. The third-order valence-electron chi connectivity index (χ3n) is 3.69. The number of amides is 1. The highest BCUT2D eigenvalue weighted by Gasteiger charge is 2.22. The van der Waals surface area contributed by atoms with Crippen molar-refractivity contribution < 1.29 is 9.90 Å². The minimum Gasteiger partial charge on any atom is -0.393 e. The molecular formula is C14H16BrN3O2. The third kappa shape index (κ3) is 2.86. The largest absolute Gasteiger partial charge is 0.393 e. The fourth-order valence-corrected chi connectivity index (χ4v) is 2.87. The zero-order valence-electron chi connectivity index (χ0n) is 10.9. The van der Waals surface area contributed by atoms with Crippen LogP contribution < -0.4 is 5.32 Å². The molecule has 2 heterocycles. The number of hydrogen-bond acceptors (Lipinski definition) is 3. The van der Waals surface area contributed by atoms with Crippen LogP contribution in [0.1, 0.15) is 36.2 Å². The van der Waals surface area contributed by atoms with Crippen LogP contribution in [-0.2, 0) is 0 Å². The van der Waals surface area contributed by atoms with Crippen LogP contribution in [0, 0.1) is 0 Å². The van der Waals surface area contributed by atoms with Gasteiger partial charge in [-0.15, -0.1) is 0 Å². The van der Waals surface area contributed by atoms with Gasteiger partial charge in [0.15, 0.2) is 0 Å². The number of aromatic nitrogens is 2. The molecule has 2 N–H and O–H groups in total. The maximum Gasteiger partial charge on any atom is 0.271 e. The number of halogens is 1. The van der Waals surface area contributed by atoms with E-state index in [4.69, 9.17) is 0 Å². The van der Waals surface area contributed by atoms with E-state index >= 15 is 0 Å². The van der Waals surface area contributed by atoms with Crippen LogP contribution in [-0.4, -0.2) is 32.5 Å². The number of nitrogens with zero attached hydrogens (tertiary/aromatic N) is 2. The quantitative estimate of drug-likeness (QED) is 0.882. The second-order valence-electron chi connectivity index (χ2n) is 5.22. The van der Waals surface area contributed by atoms with Gasteiger partial charge < -0.3 is 14.8 Å². The van der Waals surface area contributed by atoms with Gasteiger partial charge in [-0.25, -0.2) is 4.98 Å². The van der Waals surface area contributed by atoms with E-state index in [1.165, 1.54) is 0 Å². The lowest BCUT2D eigenvalue weighted by atomic mass is 9.93. The molecule has 0 aliphatic heterocycles. The monoisotopic (exact) mass is 337 g/mol. The lowest BCUT2D eigenvalue weighted by Crippen LogP contribution is -2.38. The first-order chi connectivity index (χ1) is 9.61. The summed E-state index contributed by atoms with van der Waals surface area (Å²) < 4.78 is 2.76. The maximum absolute atomic E-state index is 12.2. The molecule has 0 unspecified atom stereocenters. The Bertz CT molecular complexity index is 632. The highest BCUT2D eigenvalue weighted by atomic mass is 79.9. The van der Waals surface area contributed by atoms with Gasteiger partial charge in [0.05, 0.1) is 6.10 Å². The summed E-state index contributed by atoms with van der Waals surface area (Å²) in [5.74, 6) is -0.147. The number of carbonyl (C=O) groups excluding carboxylic acids is 1. The van der Waals surface area contributed by atoms with E-state index in [0.29, 0.717) is 5.69 Å². The Morgan fingerprint density at radius 2 is 2.15 bits per heavy atom. The molecule has 0 spiro atoms. The number of rotatable bonds is 2. The summed E-state index contributed by atoms with van der Waals surface area (Å²) in [6, 6.07) is 3.91. The molecule has 1 amide bonds. The van der Waals surface area contributed by atoms with Crippen LogP contribution in [0.4, 0.5) is 0 Å². The van der Waals surface area contributed by atoms with E-state index < -0.39 is 0 Å². The number of carbonyl (C=O) groups is 1.